The van der Waals surface area contributed by atoms with Crippen LogP contribution in [-0.4, -0.2) is 40.6 Å². The van der Waals surface area contributed by atoms with Gasteiger partial charge in [0.1, 0.15) is 17.5 Å². The molecule has 1 aromatic heterocycles. The van der Waals surface area contributed by atoms with E-state index in [0.29, 0.717) is 23.2 Å². The van der Waals surface area contributed by atoms with Crippen LogP contribution >= 0.6 is 0 Å². The second-order valence-electron chi connectivity index (χ2n) is 7.74. The van der Waals surface area contributed by atoms with Crippen LogP contribution in [0.3, 0.4) is 0 Å². The molecule has 1 aliphatic carbocycles. The first kappa shape index (κ1) is 21.9. The van der Waals surface area contributed by atoms with Gasteiger partial charge in [0.05, 0.1) is 11.6 Å². The highest BCUT2D eigenvalue weighted by Crippen LogP contribution is 2.28. The van der Waals surface area contributed by atoms with Crippen molar-refractivity contribution in [1.82, 2.24) is 9.88 Å². The smallest absolute Gasteiger partial charge is 0.225 e. The summed E-state index contributed by atoms with van der Waals surface area (Å²) in [5.74, 6) is -1.16. The van der Waals surface area contributed by atoms with Crippen LogP contribution in [0.1, 0.15) is 26.2 Å². The van der Waals surface area contributed by atoms with Gasteiger partial charge < -0.3 is 15.0 Å². The first-order valence-corrected chi connectivity index (χ1v) is 9.91. The van der Waals surface area contributed by atoms with E-state index in [1.54, 1.807) is 37.1 Å². The molecular weight excluding hydrogens is 393 g/mol. The highest BCUT2D eigenvalue weighted by molar-refractivity contribution is 5.86. The van der Waals surface area contributed by atoms with Crippen LogP contribution in [0.2, 0.25) is 0 Å². The fraction of sp³-hybridized carbons (Fsp3) is 0.348. The third-order valence-corrected chi connectivity index (χ3v) is 5.17. The third kappa shape index (κ3) is 5.21. The summed E-state index contributed by atoms with van der Waals surface area (Å²) in [6.07, 6.45) is 2.82. The minimum atomic E-state index is -0.640. The molecule has 2 aromatic carbocycles. The van der Waals surface area contributed by atoms with E-state index in [1.807, 2.05) is 0 Å². The summed E-state index contributed by atoms with van der Waals surface area (Å²) in [5, 5.41) is 9.50. The van der Waals surface area contributed by atoms with E-state index in [0.717, 1.165) is 18.9 Å². The molecule has 7 heteroatoms. The molecule has 0 bridgehead atoms. The second kappa shape index (κ2) is 9.34. The number of hydrogen-bond acceptors (Lipinski definition) is 2. The third-order valence-electron chi connectivity index (χ3n) is 5.17. The molecule has 1 saturated carbocycles. The van der Waals surface area contributed by atoms with E-state index in [1.165, 1.54) is 24.6 Å². The van der Waals surface area contributed by atoms with Gasteiger partial charge in [0.15, 0.2) is 0 Å². The number of fused-ring (bicyclic) bond motifs is 1. The molecule has 0 aliphatic heterocycles. The van der Waals surface area contributed by atoms with Crippen molar-refractivity contribution in [3.05, 3.63) is 59.9 Å². The van der Waals surface area contributed by atoms with Crippen LogP contribution in [0, 0.1) is 23.4 Å². The number of H-pyrrole nitrogens is 1. The molecule has 160 valence electrons. The average molecular weight is 418 g/mol. The van der Waals surface area contributed by atoms with Crippen molar-refractivity contribution < 1.29 is 23.1 Å². The SMILES string of the molecule is CC(O)CN(C)C(=O)C1CCC1.Fc1ccc(-c2cc3cc(F)cc(F)c3[nH]2)cc1. The molecule has 4 rings (SSSR count). The number of carbonyl (C=O) groups excluding carboxylic acids is 1. The number of aliphatic hydroxyl groups excluding tert-OH is 1. The molecule has 30 heavy (non-hydrogen) atoms. The van der Waals surface area contributed by atoms with E-state index in [9.17, 15) is 18.0 Å². The van der Waals surface area contributed by atoms with Gasteiger partial charge in [-0.05, 0) is 61.7 Å². The minimum absolute atomic E-state index is 0.196. The van der Waals surface area contributed by atoms with Gasteiger partial charge in [-0.25, -0.2) is 13.2 Å². The van der Waals surface area contributed by atoms with E-state index < -0.39 is 17.7 Å². The molecule has 0 radical (unpaired) electrons. The summed E-state index contributed by atoms with van der Waals surface area (Å²) in [5.41, 5.74) is 1.58. The molecule has 1 atom stereocenters. The number of halogens is 3. The standard InChI is InChI=1S/C14H8F3N.C9H17NO2/c15-10-3-1-8(2-4-10)13-6-9-5-11(16)7-12(17)14(9)18-13;1-7(11)6-10(2)9(12)8-4-3-5-8/h1-7,18H;7-8,11H,3-6H2,1-2H3. The fourth-order valence-corrected chi connectivity index (χ4v) is 3.40. The zero-order chi connectivity index (χ0) is 21.8. The van der Waals surface area contributed by atoms with Gasteiger partial charge in [0.25, 0.3) is 0 Å². The normalized spacial score (nSPS) is 14.6. The predicted octanol–water partition coefficient (Wildman–Crippen LogP) is 4.88. The van der Waals surface area contributed by atoms with Gasteiger partial charge in [-0.3, -0.25) is 4.79 Å². The first-order valence-electron chi connectivity index (χ1n) is 9.91. The Labute approximate surface area is 173 Å². The van der Waals surface area contributed by atoms with E-state index in [4.69, 9.17) is 5.11 Å². The van der Waals surface area contributed by atoms with E-state index in [2.05, 4.69) is 4.98 Å². The maximum absolute atomic E-state index is 13.5. The number of aromatic amines is 1. The Hall–Kier alpha value is -2.80. The van der Waals surface area contributed by atoms with Crippen molar-refractivity contribution >= 4 is 16.8 Å². The van der Waals surface area contributed by atoms with Crippen LogP contribution in [-0.2, 0) is 4.79 Å². The summed E-state index contributed by atoms with van der Waals surface area (Å²) in [4.78, 5) is 16.0. The number of nitrogens with zero attached hydrogens (tertiary/aromatic N) is 1. The number of benzene rings is 2. The molecule has 2 N–H and O–H groups in total. The monoisotopic (exact) mass is 418 g/mol. The fourth-order valence-electron chi connectivity index (χ4n) is 3.40. The Morgan fingerprint density at radius 1 is 1.13 bits per heavy atom. The lowest BCUT2D eigenvalue weighted by Gasteiger charge is -2.29. The number of rotatable bonds is 4. The van der Waals surface area contributed by atoms with Crippen LogP contribution in [0.25, 0.3) is 22.2 Å². The summed E-state index contributed by atoms with van der Waals surface area (Å²) < 4.78 is 39.4. The number of likely N-dealkylation sites (N-methyl/N-ethyl adjacent to an activating group) is 1. The molecule has 1 fully saturated rings. The van der Waals surface area contributed by atoms with Crippen LogP contribution < -0.4 is 0 Å². The Balaban J connectivity index is 0.000000187. The molecule has 3 aromatic rings. The number of aliphatic hydroxyl groups is 1. The van der Waals surface area contributed by atoms with Crippen molar-refractivity contribution in [1.29, 1.82) is 0 Å². The lowest BCUT2D eigenvalue weighted by atomic mass is 9.84. The van der Waals surface area contributed by atoms with Crippen molar-refractivity contribution in [2.24, 2.45) is 5.92 Å². The molecule has 1 unspecified atom stereocenters. The Bertz CT molecular complexity index is 1010. The van der Waals surface area contributed by atoms with Gasteiger partial charge >= 0.3 is 0 Å². The first-order chi connectivity index (χ1) is 14.2. The molecular formula is C23H25F3N2O2. The van der Waals surface area contributed by atoms with Crippen molar-refractivity contribution in [2.75, 3.05) is 13.6 Å². The topological polar surface area (TPSA) is 56.3 Å². The molecule has 1 heterocycles. The molecule has 0 spiro atoms. The summed E-state index contributed by atoms with van der Waals surface area (Å²) in [6.45, 7) is 2.15. The number of aromatic nitrogens is 1. The van der Waals surface area contributed by atoms with Gasteiger partial charge in [-0.15, -0.1) is 0 Å². The summed E-state index contributed by atoms with van der Waals surface area (Å²) >= 11 is 0. The number of hydrogen-bond donors (Lipinski definition) is 2. The lowest BCUT2D eigenvalue weighted by Crippen LogP contribution is -2.39. The highest BCUT2D eigenvalue weighted by atomic mass is 19.1. The molecule has 1 aliphatic rings. The molecule has 4 nitrogen and oxygen atoms in total. The zero-order valence-corrected chi connectivity index (χ0v) is 17.0. The van der Waals surface area contributed by atoms with Crippen LogP contribution in [0.4, 0.5) is 13.2 Å². The van der Waals surface area contributed by atoms with Crippen molar-refractivity contribution in [3.63, 3.8) is 0 Å². The number of carbonyl (C=O) groups is 1. The van der Waals surface area contributed by atoms with Crippen molar-refractivity contribution in [3.8, 4) is 11.3 Å². The van der Waals surface area contributed by atoms with E-state index >= 15 is 0 Å². The van der Waals surface area contributed by atoms with Gasteiger partial charge in [-0.2, -0.15) is 0 Å². The second-order valence-corrected chi connectivity index (χ2v) is 7.74. The predicted molar refractivity (Wildman–Crippen MR) is 110 cm³/mol. The number of nitrogens with one attached hydrogen (secondary N) is 1. The highest BCUT2D eigenvalue weighted by Gasteiger charge is 2.27. The van der Waals surface area contributed by atoms with Gasteiger partial charge in [0, 0.05) is 36.7 Å². The summed E-state index contributed by atoms with van der Waals surface area (Å²) in [7, 11) is 1.76. The Kier molecular flexibility index (Phi) is 6.82. The van der Waals surface area contributed by atoms with Crippen LogP contribution in [0.5, 0.6) is 0 Å². The lowest BCUT2D eigenvalue weighted by molar-refractivity contribution is -0.137. The molecule has 1 amide bonds. The maximum atomic E-state index is 13.5. The van der Waals surface area contributed by atoms with Crippen LogP contribution in [0.15, 0.2) is 42.5 Å². The van der Waals surface area contributed by atoms with Gasteiger partial charge in [-0.1, -0.05) is 6.42 Å². The summed E-state index contributed by atoms with van der Waals surface area (Å²) in [6, 6.07) is 9.50. The van der Waals surface area contributed by atoms with Crippen molar-refractivity contribution in [2.45, 2.75) is 32.3 Å². The largest absolute Gasteiger partial charge is 0.392 e. The Morgan fingerprint density at radius 3 is 2.37 bits per heavy atom. The van der Waals surface area contributed by atoms with Gasteiger partial charge in [0.2, 0.25) is 5.91 Å². The average Bonchev–Trinajstić information content (AvgIpc) is 3.05. The van der Waals surface area contributed by atoms with E-state index in [-0.39, 0.29) is 23.2 Å². The number of amides is 1. The molecule has 0 saturated heterocycles. The Morgan fingerprint density at radius 2 is 1.80 bits per heavy atom. The zero-order valence-electron chi connectivity index (χ0n) is 17.0. The quantitative estimate of drug-likeness (QED) is 0.635. The maximum Gasteiger partial charge on any atom is 0.225 e. The minimum Gasteiger partial charge on any atom is -0.392 e.